The van der Waals surface area contributed by atoms with Crippen LogP contribution in [0.4, 0.5) is 0 Å². The molecule has 0 bridgehead atoms. The molecule has 0 radical (unpaired) electrons. The first-order valence-electron chi connectivity index (χ1n) is 3.48. The van der Waals surface area contributed by atoms with Crippen LogP contribution in [0.1, 0.15) is 5.69 Å². The molecular weight excluding hydrogens is 220 g/mol. The van der Waals surface area contributed by atoms with E-state index in [1.807, 2.05) is 17.0 Å². The second-order valence-corrected chi connectivity index (χ2v) is 2.92. The Bertz CT molecular complexity index is 351. The lowest BCUT2D eigenvalue weighted by atomic mass is 10.5. The summed E-state index contributed by atoms with van der Waals surface area (Å²) in [5.41, 5.74) is 2.01. The molecule has 0 spiro atoms. The molecule has 0 saturated heterocycles. The fraction of sp³-hybridized carbons (Fsp3) is 0.143. The van der Waals surface area contributed by atoms with Gasteiger partial charge in [-0.15, -0.1) is 0 Å². The normalized spacial score (nSPS) is 10.4. The van der Waals surface area contributed by atoms with Crippen LogP contribution in [0.3, 0.4) is 0 Å². The van der Waals surface area contributed by atoms with Crippen LogP contribution in [0, 0.1) is 0 Å². The van der Waals surface area contributed by atoms with Crippen molar-refractivity contribution in [2.45, 2.75) is 5.33 Å². The predicted molar refractivity (Wildman–Crippen MR) is 48.3 cm³/mol. The molecule has 2 aromatic rings. The van der Waals surface area contributed by atoms with Gasteiger partial charge >= 0.3 is 0 Å². The number of aromatic amines is 1. The highest BCUT2D eigenvalue weighted by atomic mass is 79.9. The zero-order chi connectivity index (χ0) is 8.39. The van der Waals surface area contributed by atoms with Gasteiger partial charge < -0.3 is 4.57 Å². The minimum atomic E-state index is 0.776. The van der Waals surface area contributed by atoms with E-state index in [2.05, 4.69) is 31.1 Å². The SMILES string of the molecule is BrCc1cn(-c2cn[nH]c2)cn1. The quantitative estimate of drug-likeness (QED) is 0.790. The van der Waals surface area contributed by atoms with E-state index in [1.165, 1.54) is 0 Å². The van der Waals surface area contributed by atoms with Crippen molar-refractivity contribution in [3.8, 4) is 5.69 Å². The number of nitrogens with one attached hydrogen (secondary N) is 1. The van der Waals surface area contributed by atoms with Crippen LogP contribution in [0.2, 0.25) is 0 Å². The lowest BCUT2D eigenvalue weighted by Crippen LogP contribution is -1.85. The first kappa shape index (κ1) is 7.54. The van der Waals surface area contributed by atoms with Crippen molar-refractivity contribution in [3.05, 3.63) is 30.6 Å². The van der Waals surface area contributed by atoms with Gasteiger partial charge in [0.1, 0.15) is 0 Å². The number of hydrogen-bond donors (Lipinski definition) is 1. The highest BCUT2D eigenvalue weighted by Gasteiger charge is 1.98. The first-order valence-corrected chi connectivity index (χ1v) is 4.60. The van der Waals surface area contributed by atoms with Crippen molar-refractivity contribution in [1.29, 1.82) is 0 Å². The Morgan fingerprint density at radius 3 is 3.08 bits per heavy atom. The van der Waals surface area contributed by atoms with E-state index in [0.717, 1.165) is 16.7 Å². The van der Waals surface area contributed by atoms with Gasteiger partial charge in [-0.25, -0.2) is 4.98 Å². The highest BCUT2D eigenvalue weighted by Crippen LogP contribution is 2.07. The minimum absolute atomic E-state index is 0.776. The zero-order valence-corrected chi connectivity index (χ0v) is 7.82. The molecular formula is C7H7BrN4. The van der Waals surface area contributed by atoms with E-state index >= 15 is 0 Å². The van der Waals surface area contributed by atoms with Crippen LogP contribution < -0.4 is 0 Å². The van der Waals surface area contributed by atoms with Crippen LogP contribution in [0.25, 0.3) is 5.69 Å². The Kier molecular flexibility index (Phi) is 1.95. The molecule has 2 aromatic heterocycles. The zero-order valence-electron chi connectivity index (χ0n) is 6.24. The number of aromatic nitrogens is 4. The fourth-order valence-corrected chi connectivity index (χ4v) is 1.25. The first-order chi connectivity index (χ1) is 5.90. The Balaban J connectivity index is 2.35. The Hall–Kier alpha value is -1.10. The van der Waals surface area contributed by atoms with E-state index in [0.29, 0.717) is 0 Å². The van der Waals surface area contributed by atoms with Gasteiger partial charge in [-0.1, -0.05) is 15.9 Å². The second-order valence-electron chi connectivity index (χ2n) is 2.36. The molecule has 12 heavy (non-hydrogen) atoms. The third-order valence-corrected chi connectivity index (χ3v) is 2.13. The number of rotatable bonds is 2. The van der Waals surface area contributed by atoms with Gasteiger partial charge in [0.2, 0.25) is 0 Å². The van der Waals surface area contributed by atoms with Gasteiger partial charge in [0, 0.05) is 17.7 Å². The molecule has 0 unspecified atom stereocenters. The van der Waals surface area contributed by atoms with Crippen LogP contribution in [-0.2, 0) is 5.33 Å². The summed E-state index contributed by atoms with van der Waals surface area (Å²) < 4.78 is 1.92. The standard InChI is InChI=1S/C7H7BrN4/c8-1-6-4-12(5-9-6)7-2-10-11-3-7/h2-5H,1H2,(H,10,11). The monoisotopic (exact) mass is 226 g/mol. The van der Waals surface area contributed by atoms with Crippen molar-refractivity contribution in [3.63, 3.8) is 0 Å². The Morgan fingerprint density at radius 1 is 1.58 bits per heavy atom. The second kappa shape index (κ2) is 3.10. The van der Waals surface area contributed by atoms with Gasteiger partial charge in [-0.2, -0.15) is 5.10 Å². The average Bonchev–Trinajstić information content (AvgIpc) is 2.75. The maximum Gasteiger partial charge on any atom is 0.0996 e. The van der Waals surface area contributed by atoms with Gasteiger partial charge in [-0.3, -0.25) is 5.10 Å². The number of nitrogens with zero attached hydrogens (tertiary/aromatic N) is 3. The summed E-state index contributed by atoms with van der Waals surface area (Å²) in [4.78, 5) is 4.17. The number of alkyl halides is 1. The molecule has 5 heteroatoms. The van der Waals surface area contributed by atoms with Gasteiger partial charge in [0.25, 0.3) is 0 Å². The fourth-order valence-electron chi connectivity index (χ4n) is 0.959. The van der Waals surface area contributed by atoms with E-state index in [1.54, 1.807) is 12.5 Å². The molecule has 0 aliphatic carbocycles. The summed E-state index contributed by atoms with van der Waals surface area (Å²) in [6.07, 6.45) is 7.29. The van der Waals surface area contributed by atoms with Crippen molar-refractivity contribution in [2.24, 2.45) is 0 Å². The largest absolute Gasteiger partial charge is 0.303 e. The van der Waals surface area contributed by atoms with E-state index < -0.39 is 0 Å². The van der Waals surface area contributed by atoms with Gasteiger partial charge in [0.05, 0.1) is 23.9 Å². The minimum Gasteiger partial charge on any atom is -0.303 e. The molecule has 2 rings (SSSR count). The molecule has 4 nitrogen and oxygen atoms in total. The number of imidazole rings is 1. The van der Waals surface area contributed by atoms with E-state index in [4.69, 9.17) is 0 Å². The molecule has 1 N–H and O–H groups in total. The molecule has 62 valence electrons. The molecule has 0 aliphatic rings. The topological polar surface area (TPSA) is 46.5 Å². The summed E-state index contributed by atoms with van der Waals surface area (Å²) in [5.74, 6) is 0. The smallest absolute Gasteiger partial charge is 0.0996 e. The van der Waals surface area contributed by atoms with Crippen molar-refractivity contribution in [2.75, 3.05) is 0 Å². The summed E-state index contributed by atoms with van der Waals surface area (Å²) in [6.45, 7) is 0. The maximum absolute atomic E-state index is 4.17. The third-order valence-electron chi connectivity index (χ3n) is 1.55. The summed E-state index contributed by atoms with van der Waals surface area (Å²) in [6, 6.07) is 0. The molecule has 0 atom stereocenters. The Morgan fingerprint density at radius 2 is 2.50 bits per heavy atom. The number of hydrogen-bond acceptors (Lipinski definition) is 2. The van der Waals surface area contributed by atoms with E-state index in [9.17, 15) is 0 Å². The van der Waals surface area contributed by atoms with Crippen LogP contribution in [-0.4, -0.2) is 19.7 Å². The van der Waals surface area contributed by atoms with Crippen LogP contribution in [0.5, 0.6) is 0 Å². The summed E-state index contributed by atoms with van der Waals surface area (Å²) >= 11 is 3.33. The molecule has 0 saturated carbocycles. The third kappa shape index (κ3) is 1.27. The summed E-state index contributed by atoms with van der Waals surface area (Å²) in [5, 5.41) is 7.37. The number of H-pyrrole nitrogens is 1. The van der Waals surface area contributed by atoms with Gasteiger partial charge in [-0.05, 0) is 0 Å². The maximum atomic E-state index is 4.17. The predicted octanol–water partition coefficient (Wildman–Crippen LogP) is 1.49. The molecule has 0 aromatic carbocycles. The summed E-state index contributed by atoms with van der Waals surface area (Å²) in [7, 11) is 0. The van der Waals surface area contributed by atoms with Crippen LogP contribution >= 0.6 is 15.9 Å². The molecule has 0 aliphatic heterocycles. The van der Waals surface area contributed by atoms with Crippen molar-refractivity contribution >= 4 is 15.9 Å². The molecule has 0 fully saturated rings. The van der Waals surface area contributed by atoms with Crippen molar-refractivity contribution in [1.82, 2.24) is 19.7 Å². The lowest BCUT2D eigenvalue weighted by molar-refractivity contribution is 1.06. The highest BCUT2D eigenvalue weighted by molar-refractivity contribution is 9.08. The van der Waals surface area contributed by atoms with E-state index in [-0.39, 0.29) is 0 Å². The van der Waals surface area contributed by atoms with Gasteiger partial charge in [0.15, 0.2) is 0 Å². The average molecular weight is 227 g/mol. The Labute approximate surface area is 77.8 Å². The molecule has 2 heterocycles. The lowest BCUT2D eigenvalue weighted by Gasteiger charge is -1.92. The molecule has 0 amide bonds. The number of halogens is 1. The van der Waals surface area contributed by atoms with Crippen molar-refractivity contribution < 1.29 is 0 Å². The van der Waals surface area contributed by atoms with Crippen LogP contribution in [0.15, 0.2) is 24.9 Å².